The lowest BCUT2D eigenvalue weighted by molar-refractivity contribution is 0.0574. The lowest BCUT2D eigenvalue weighted by atomic mass is 9.98. The number of carbonyl (C=O) groups is 1. The SMILES string of the molecule is O=C(c1ccc(Cn2cccn2)cc1)N1CCCCC1CCO. The van der Waals surface area contributed by atoms with E-state index < -0.39 is 0 Å². The number of carbonyl (C=O) groups excluding carboxylic acids is 1. The van der Waals surface area contributed by atoms with Crippen molar-refractivity contribution in [3.63, 3.8) is 0 Å². The van der Waals surface area contributed by atoms with Crippen LogP contribution >= 0.6 is 0 Å². The molecule has 1 fully saturated rings. The molecule has 122 valence electrons. The Morgan fingerprint density at radius 1 is 1.26 bits per heavy atom. The zero-order valence-corrected chi connectivity index (χ0v) is 13.3. The van der Waals surface area contributed by atoms with Gasteiger partial charge in [-0.25, -0.2) is 0 Å². The Kier molecular flexibility index (Phi) is 5.08. The Morgan fingerprint density at radius 3 is 2.78 bits per heavy atom. The van der Waals surface area contributed by atoms with Crippen LogP contribution in [0.5, 0.6) is 0 Å². The van der Waals surface area contributed by atoms with E-state index in [2.05, 4.69) is 5.10 Å². The minimum absolute atomic E-state index is 0.0776. The molecule has 3 rings (SSSR count). The number of aliphatic hydroxyl groups is 1. The van der Waals surface area contributed by atoms with E-state index in [0.717, 1.165) is 36.9 Å². The fraction of sp³-hybridized carbons (Fsp3) is 0.444. The summed E-state index contributed by atoms with van der Waals surface area (Å²) >= 11 is 0. The molecule has 23 heavy (non-hydrogen) atoms. The van der Waals surface area contributed by atoms with Crippen LogP contribution in [0.15, 0.2) is 42.7 Å². The van der Waals surface area contributed by atoms with Crippen LogP contribution in [0.4, 0.5) is 0 Å². The summed E-state index contributed by atoms with van der Waals surface area (Å²) in [6.45, 7) is 1.63. The highest BCUT2D eigenvalue weighted by molar-refractivity contribution is 5.94. The van der Waals surface area contributed by atoms with Gasteiger partial charge in [0.2, 0.25) is 0 Å². The van der Waals surface area contributed by atoms with Crippen LogP contribution in [-0.4, -0.2) is 44.9 Å². The first-order valence-corrected chi connectivity index (χ1v) is 8.26. The molecule has 1 saturated heterocycles. The van der Waals surface area contributed by atoms with E-state index in [1.54, 1.807) is 6.20 Å². The zero-order valence-electron chi connectivity index (χ0n) is 13.3. The molecular weight excluding hydrogens is 290 g/mol. The quantitative estimate of drug-likeness (QED) is 0.921. The van der Waals surface area contributed by atoms with E-state index in [4.69, 9.17) is 0 Å². The third-order valence-electron chi connectivity index (χ3n) is 4.45. The van der Waals surface area contributed by atoms with Gasteiger partial charge in [0.1, 0.15) is 0 Å². The Balaban J connectivity index is 1.69. The topological polar surface area (TPSA) is 58.4 Å². The first-order valence-electron chi connectivity index (χ1n) is 8.26. The van der Waals surface area contributed by atoms with Crippen molar-refractivity contribution in [2.75, 3.05) is 13.2 Å². The van der Waals surface area contributed by atoms with Crippen LogP contribution < -0.4 is 0 Å². The average molecular weight is 313 g/mol. The van der Waals surface area contributed by atoms with E-state index in [0.29, 0.717) is 13.0 Å². The molecule has 0 saturated carbocycles. The van der Waals surface area contributed by atoms with Crippen LogP contribution in [0.3, 0.4) is 0 Å². The normalized spacial score (nSPS) is 18.1. The number of aromatic nitrogens is 2. The van der Waals surface area contributed by atoms with Gasteiger partial charge in [-0.15, -0.1) is 0 Å². The first kappa shape index (κ1) is 15.7. The van der Waals surface area contributed by atoms with Crippen molar-refractivity contribution >= 4 is 5.91 Å². The second kappa shape index (κ2) is 7.42. The van der Waals surface area contributed by atoms with E-state index in [-0.39, 0.29) is 18.6 Å². The summed E-state index contributed by atoms with van der Waals surface area (Å²) in [5.74, 6) is 0.0776. The standard InChI is InChI=1S/C18H23N3O2/c22-13-9-17-4-1-2-12-21(17)18(23)16-7-5-15(6-8-16)14-20-11-3-10-19-20/h3,5-8,10-11,17,22H,1-2,4,9,12-14H2. The number of nitrogens with zero attached hydrogens (tertiary/aromatic N) is 3. The van der Waals surface area contributed by atoms with Crippen molar-refractivity contribution in [3.05, 3.63) is 53.9 Å². The number of likely N-dealkylation sites (tertiary alicyclic amines) is 1. The largest absolute Gasteiger partial charge is 0.396 e. The fourth-order valence-corrected chi connectivity index (χ4v) is 3.22. The number of rotatable bonds is 5. The summed E-state index contributed by atoms with van der Waals surface area (Å²) in [7, 11) is 0. The Bertz CT molecular complexity index is 620. The van der Waals surface area contributed by atoms with Gasteiger partial charge in [-0.2, -0.15) is 5.10 Å². The number of piperidine rings is 1. The highest BCUT2D eigenvalue weighted by atomic mass is 16.3. The van der Waals surface area contributed by atoms with Crippen molar-refractivity contribution in [2.45, 2.75) is 38.3 Å². The van der Waals surface area contributed by atoms with E-state index in [9.17, 15) is 9.90 Å². The summed E-state index contributed by atoms with van der Waals surface area (Å²) in [5.41, 5.74) is 1.84. The van der Waals surface area contributed by atoms with E-state index in [1.807, 2.05) is 46.1 Å². The summed E-state index contributed by atoms with van der Waals surface area (Å²) in [6.07, 6.45) is 7.52. The molecule has 1 N–H and O–H groups in total. The molecule has 1 aliphatic heterocycles. The summed E-state index contributed by atoms with van der Waals surface area (Å²) in [6, 6.07) is 9.83. The van der Waals surface area contributed by atoms with Gasteiger partial charge >= 0.3 is 0 Å². The van der Waals surface area contributed by atoms with Crippen molar-refractivity contribution in [2.24, 2.45) is 0 Å². The molecule has 0 radical (unpaired) electrons. The average Bonchev–Trinajstić information content (AvgIpc) is 3.09. The van der Waals surface area contributed by atoms with Gasteiger partial charge in [-0.05, 0) is 49.4 Å². The van der Waals surface area contributed by atoms with E-state index in [1.165, 1.54) is 0 Å². The van der Waals surface area contributed by atoms with Gasteiger partial charge in [0, 0.05) is 37.2 Å². The number of amides is 1. The lowest BCUT2D eigenvalue weighted by Gasteiger charge is -2.35. The van der Waals surface area contributed by atoms with Gasteiger partial charge in [0.15, 0.2) is 0 Å². The third kappa shape index (κ3) is 3.79. The number of aliphatic hydroxyl groups excluding tert-OH is 1. The molecule has 1 atom stereocenters. The molecule has 1 aromatic carbocycles. The van der Waals surface area contributed by atoms with Crippen LogP contribution in [0.1, 0.15) is 41.6 Å². The molecular formula is C18H23N3O2. The molecule has 1 aromatic heterocycles. The predicted molar refractivity (Wildman–Crippen MR) is 88.1 cm³/mol. The monoisotopic (exact) mass is 313 g/mol. The van der Waals surface area contributed by atoms with Crippen LogP contribution in [0, 0.1) is 0 Å². The summed E-state index contributed by atoms with van der Waals surface area (Å²) < 4.78 is 1.86. The van der Waals surface area contributed by atoms with Crippen molar-refractivity contribution in [1.29, 1.82) is 0 Å². The second-order valence-corrected chi connectivity index (χ2v) is 6.06. The number of hydrogen-bond donors (Lipinski definition) is 1. The summed E-state index contributed by atoms with van der Waals surface area (Å²) in [4.78, 5) is 14.7. The first-order chi connectivity index (χ1) is 11.3. The van der Waals surface area contributed by atoms with Gasteiger partial charge in [-0.1, -0.05) is 12.1 Å². The molecule has 0 spiro atoms. The highest BCUT2D eigenvalue weighted by Gasteiger charge is 2.26. The minimum atomic E-state index is 0.0776. The third-order valence-corrected chi connectivity index (χ3v) is 4.45. The molecule has 1 aliphatic rings. The lowest BCUT2D eigenvalue weighted by Crippen LogP contribution is -2.44. The van der Waals surface area contributed by atoms with Crippen molar-refractivity contribution < 1.29 is 9.90 Å². The number of hydrogen-bond acceptors (Lipinski definition) is 3. The van der Waals surface area contributed by atoms with Gasteiger partial charge in [0.05, 0.1) is 6.54 Å². The predicted octanol–water partition coefficient (Wildman–Crippen LogP) is 2.31. The minimum Gasteiger partial charge on any atom is -0.396 e. The molecule has 0 bridgehead atoms. The van der Waals surface area contributed by atoms with Crippen molar-refractivity contribution in [3.8, 4) is 0 Å². The second-order valence-electron chi connectivity index (χ2n) is 6.06. The molecule has 1 unspecified atom stereocenters. The van der Waals surface area contributed by atoms with Gasteiger partial charge in [0.25, 0.3) is 5.91 Å². The molecule has 5 nitrogen and oxygen atoms in total. The maximum atomic E-state index is 12.7. The maximum absolute atomic E-state index is 12.7. The summed E-state index contributed by atoms with van der Waals surface area (Å²) in [5, 5.41) is 13.4. The molecule has 2 heterocycles. The molecule has 0 aliphatic carbocycles. The van der Waals surface area contributed by atoms with Crippen LogP contribution in [0.25, 0.3) is 0 Å². The Hall–Kier alpha value is -2.14. The Labute approximate surface area is 136 Å². The zero-order chi connectivity index (χ0) is 16.1. The fourth-order valence-electron chi connectivity index (χ4n) is 3.22. The van der Waals surface area contributed by atoms with Gasteiger partial charge in [-0.3, -0.25) is 9.48 Å². The molecule has 2 aromatic rings. The Morgan fingerprint density at radius 2 is 2.09 bits per heavy atom. The van der Waals surface area contributed by atoms with Crippen molar-refractivity contribution in [1.82, 2.24) is 14.7 Å². The van der Waals surface area contributed by atoms with Crippen LogP contribution in [0.2, 0.25) is 0 Å². The molecule has 5 heteroatoms. The number of benzene rings is 1. The smallest absolute Gasteiger partial charge is 0.254 e. The van der Waals surface area contributed by atoms with E-state index >= 15 is 0 Å². The molecule has 1 amide bonds. The highest BCUT2D eigenvalue weighted by Crippen LogP contribution is 2.22. The van der Waals surface area contributed by atoms with Gasteiger partial charge < -0.3 is 10.0 Å². The van der Waals surface area contributed by atoms with Crippen LogP contribution in [-0.2, 0) is 6.54 Å². The maximum Gasteiger partial charge on any atom is 0.254 e.